The van der Waals surface area contributed by atoms with Crippen LogP contribution in [0.2, 0.25) is 0 Å². The van der Waals surface area contributed by atoms with Crippen LogP contribution in [0.3, 0.4) is 0 Å². The molecule has 0 atom stereocenters. The maximum atomic E-state index is 4.08. The molecule has 1 N–H and O–H groups in total. The quantitative estimate of drug-likeness (QED) is 0.829. The first-order valence-electron chi connectivity index (χ1n) is 3.86. The number of hydrogen-bond donors (Lipinski definition) is 1. The first-order valence-corrected chi connectivity index (χ1v) is 5.56. The Labute approximate surface area is 84.5 Å². The van der Waals surface area contributed by atoms with Gasteiger partial charge in [-0.1, -0.05) is 11.3 Å². The van der Waals surface area contributed by atoms with E-state index in [1.165, 1.54) is 10.4 Å². The summed E-state index contributed by atoms with van der Waals surface area (Å²) in [6.07, 6.45) is 0. The molecule has 0 amide bonds. The van der Waals surface area contributed by atoms with E-state index in [1.807, 2.05) is 7.05 Å². The van der Waals surface area contributed by atoms with Gasteiger partial charge in [0.15, 0.2) is 0 Å². The third kappa shape index (κ3) is 1.71. The lowest BCUT2D eigenvalue weighted by atomic mass is 10.3. The van der Waals surface area contributed by atoms with E-state index >= 15 is 0 Å². The Bertz CT molecular complexity index is 405. The van der Waals surface area contributed by atoms with Gasteiger partial charge in [-0.3, -0.25) is 0 Å². The highest BCUT2D eigenvalue weighted by Gasteiger charge is 2.06. The molecule has 3 nitrogen and oxygen atoms in total. The lowest BCUT2D eigenvalue weighted by Crippen LogP contribution is -1.84. The molecule has 0 unspecified atom stereocenters. The molecule has 2 rings (SSSR count). The zero-order valence-electron chi connectivity index (χ0n) is 7.37. The molecule has 13 heavy (non-hydrogen) atoms. The molecule has 0 aliphatic heterocycles. The number of aromatic nitrogens is 2. The second-order valence-electron chi connectivity index (χ2n) is 2.61. The zero-order valence-corrected chi connectivity index (χ0v) is 9.00. The second-order valence-corrected chi connectivity index (χ2v) is 4.70. The van der Waals surface area contributed by atoms with Crippen molar-refractivity contribution in [2.24, 2.45) is 0 Å². The average molecular weight is 211 g/mol. The number of rotatable bonds is 2. The fraction of sp³-hybridized carbons (Fsp3) is 0.250. The Morgan fingerprint density at radius 2 is 2.23 bits per heavy atom. The van der Waals surface area contributed by atoms with Gasteiger partial charge in [-0.25, -0.2) is 0 Å². The number of hydrogen-bond acceptors (Lipinski definition) is 5. The lowest BCUT2D eigenvalue weighted by molar-refractivity contribution is 1.09. The summed E-state index contributed by atoms with van der Waals surface area (Å²) in [6, 6.07) is 2.13. The van der Waals surface area contributed by atoms with Crippen molar-refractivity contribution in [3.05, 3.63) is 16.3 Å². The number of thiophene rings is 1. The van der Waals surface area contributed by atoms with Crippen molar-refractivity contribution in [2.75, 3.05) is 12.4 Å². The van der Waals surface area contributed by atoms with E-state index in [0.29, 0.717) is 0 Å². The molecular formula is C8H9N3S2. The van der Waals surface area contributed by atoms with Crippen LogP contribution in [0.15, 0.2) is 11.4 Å². The third-order valence-corrected chi connectivity index (χ3v) is 3.47. The topological polar surface area (TPSA) is 37.8 Å². The van der Waals surface area contributed by atoms with Gasteiger partial charge in [0.25, 0.3) is 0 Å². The number of aryl methyl sites for hydroxylation is 1. The van der Waals surface area contributed by atoms with E-state index in [-0.39, 0.29) is 0 Å². The minimum Gasteiger partial charge on any atom is -0.363 e. The van der Waals surface area contributed by atoms with Crippen LogP contribution in [0.5, 0.6) is 0 Å². The van der Waals surface area contributed by atoms with Crippen molar-refractivity contribution in [1.29, 1.82) is 0 Å². The molecule has 68 valence electrons. The van der Waals surface area contributed by atoms with Gasteiger partial charge in [-0.05, 0) is 13.0 Å². The van der Waals surface area contributed by atoms with Gasteiger partial charge in [0.05, 0.1) is 0 Å². The molecule has 5 heteroatoms. The van der Waals surface area contributed by atoms with Crippen molar-refractivity contribution >= 4 is 27.8 Å². The Hall–Kier alpha value is -0.940. The third-order valence-electron chi connectivity index (χ3n) is 1.62. The van der Waals surface area contributed by atoms with E-state index in [4.69, 9.17) is 0 Å². The minimum absolute atomic E-state index is 0.860. The molecule has 0 saturated carbocycles. The van der Waals surface area contributed by atoms with Crippen LogP contribution >= 0.6 is 22.7 Å². The summed E-state index contributed by atoms with van der Waals surface area (Å²) >= 11 is 3.31. The standard InChI is InChI=1S/C8H9N3S2/c1-5-3-6(4-12-5)7-10-11-8(9-2)13-7/h3-4H,1-2H3,(H,9,11). The molecule has 2 heterocycles. The Morgan fingerprint density at radius 1 is 1.38 bits per heavy atom. The molecule has 0 bridgehead atoms. The summed E-state index contributed by atoms with van der Waals surface area (Å²) in [7, 11) is 1.85. The van der Waals surface area contributed by atoms with Gasteiger partial charge in [-0.15, -0.1) is 21.5 Å². The summed E-state index contributed by atoms with van der Waals surface area (Å²) in [5.41, 5.74) is 1.17. The van der Waals surface area contributed by atoms with Gasteiger partial charge in [0.2, 0.25) is 5.13 Å². The highest BCUT2D eigenvalue weighted by molar-refractivity contribution is 7.18. The van der Waals surface area contributed by atoms with Gasteiger partial charge in [-0.2, -0.15) is 0 Å². The van der Waals surface area contributed by atoms with Crippen molar-refractivity contribution in [2.45, 2.75) is 6.92 Å². The van der Waals surface area contributed by atoms with Crippen LogP contribution in [-0.2, 0) is 0 Å². The molecule has 0 aliphatic carbocycles. The SMILES string of the molecule is CNc1nnc(-c2csc(C)c2)s1. The van der Waals surface area contributed by atoms with E-state index in [2.05, 4.69) is 33.9 Å². The van der Waals surface area contributed by atoms with Crippen LogP contribution in [0.4, 0.5) is 5.13 Å². The Morgan fingerprint density at radius 3 is 2.77 bits per heavy atom. The molecular weight excluding hydrogens is 202 g/mol. The molecule has 0 radical (unpaired) electrons. The maximum Gasteiger partial charge on any atom is 0.205 e. The minimum atomic E-state index is 0.860. The summed E-state index contributed by atoms with van der Waals surface area (Å²) in [5, 5.41) is 15.0. The maximum absolute atomic E-state index is 4.08. The monoisotopic (exact) mass is 211 g/mol. The van der Waals surface area contributed by atoms with Crippen LogP contribution in [0.25, 0.3) is 10.6 Å². The van der Waals surface area contributed by atoms with E-state index in [1.54, 1.807) is 22.7 Å². The molecule has 2 aromatic heterocycles. The van der Waals surface area contributed by atoms with Crippen molar-refractivity contribution in [3.8, 4) is 10.6 Å². The smallest absolute Gasteiger partial charge is 0.205 e. The highest BCUT2D eigenvalue weighted by atomic mass is 32.1. The average Bonchev–Trinajstić information content (AvgIpc) is 2.71. The van der Waals surface area contributed by atoms with Crippen molar-refractivity contribution in [1.82, 2.24) is 10.2 Å². The Balaban J connectivity index is 2.35. The van der Waals surface area contributed by atoms with Crippen LogP contribution < -0.4 is 5.32 Å². The molecule has 0 spiro atoms. The first kappa shape index (κ1) is 8.65. The highest BCUT2D eigenvalue weighted by Crippen LogP contribution is 2.29. The van der Waals surface area contributed by atoms with Crippen molar-refractivity contribution < 1.29 is 0 Å². The van der Waals surface area contributed by atoms with Gasteiger partial charge in [0.1, 0.15) is 5.01 Å². The van der Waals surface area contributed by atoms with E-state index < -0.39 is 0 Å². The van der Waals surface area contributed by atoms with Gasteiger partial charge < -0.3 is 5.32 Å². The predicted octanol–water partition coefficient (Wildman–Crippen LogP) is 2.62. The fourth-order valence-electron chi connectivity index (χ4n) is 0.997. The summed E-state index contributed by atoms with van der Waals surface area (Å²) in [5.74, 6) is 0. The summed E-state index contributed by atoms with van der Waals surface area (Å²) < 4.78 is 0. The normalized spacial score (nSPS) is 10.3. The number of nitrogens with zero attached hydrogens (tertiary/aromatic N) is 2. The van der Waals surface area contributed by atoms with Gasteiger partial charge >= 0.3 is 0 Å². The Kier molecular flexibility index (Phi) is 2.28. The first-order chi connectivity index (χ1) is 6.29. The van der Waals surface area contributed by atoms with E-state index in [9.17, 15) is 0 Å². The number of anilines is 1. The fourth-order valence-corrected chi connectivity index (χ4v) is 2.44. The molecule has 0 aromatic carbocycles. The zero-order chi connectivity index (χ0) is 9.26. The molecule has 0 fully saturated rings. The largest absolute Gasteiger partial charge is 0.363 e. The summed E-state index contributed by atoms with van der Waals surface area (Å²) in [4.78, 5) is 1.30. The van der Waals surface area contributed by atoms with Crippen LogP contribution in [0.1, 0.15) is 4.88 Å². The van der Waals surface area contributed by atoms with Crippen LogP contribution in [0, 0.1) is 6.92 Å². The lowest BCUT2D eigenvalue weighted by Gasteiger charge is -1.85. The van der Waals surface area contributed by atoms with Crippen molar-refractivity contribution in [3.63, 3.8) is 0 Å². The van der Waals surface area contributed by atoms with E-state index in [0.717, 1.165) is 10.1 Å². The summed E-state index contributed by atoms with van der Waals surface area (Å²) in [6.45, 7) is 2.09. The van der Waals surface area contributed by atoms with Gasteiger partial charge in [0, 0.05) is 22.9 Å². The molecule has 2 aromatic rings. The molecule has 0 saturated heterocycles. The molecule has 0 aliphatic rings. The predicted molar refractivity (Wildman–Crippen MR) is 57.5 cm³/mol. The number of nitrogens with one attached hydrogen (secondary N) is 1. The second kappa shape index (κ2) is 3.43. The van der Waals surface area contributed by atoms with Crippen LogP contribution in [-0.4, -0.2) is 17.2 Å².